The van der Waals surface area contributed by atoms with Crippen LogP contribution in [0.5, 0.6) is 11.5 Å². The van der Waals surface area contributed by atoms with Crippen LogP contribution in [0, 0.1) is 0 Å². The van der Waals surface area contributed by atoms with E-state index in [1.165, 1.54) is 0 Å². The van der Waals surface area contributed by atoms with Crippen molar-refractivity contribution >= 4 is 27.5 Å². The summed E-state index contributed by atoms with van der Waals surface area (Å²) in [4.78, 5) is 12.7. The van der Waals surface area contributed by atoms with E-state index in [0.717, 1.165) is 21.5 Å². The van der Waals surface area contributed by atoms with Crippen LogP contribution in [0.2, 0.25) is 0 Å². The molecule has 3 rings (SSSR count). The van der Waals surface area contributed by atoms with Gasteiger partial charge in [0, 0.05) is 10.2 Å². The summed E-state index contributed by atoms with van der Waals surface area (Å²) in [6.07, 6.45) is 0. The highest BCUT2D eigenvalue weighted by atomic mass is 79.9. The molecule has 1 heterocycles. The lowest BCUT2D eigenvalue weighted by Crippen LogP contribution is -2.34. The average Bonchev–Trinajstić information content (AvgIpc) is 2.56. The molecule has 0 aliphatic carbocycles. The van der Waals surface area contributed by atoms with Gasteiger partial charge in [-0.3, -0.25) is 4.79 Å². The molecule has 0 unspecified atom stereocenters. The Morgan fingerprint density at radius 3 is 2.39 bits per heavy atom. The Kier molecular flexibility index (Phi) is 4.31. The third-order valence-corrected chi connectivity index (χ3v) is 4.46. The van der Waals surface area contributed by atoms with E-state index >= 15 is 0 Å². The molecule has 1 aliphatic heterocycles. The van der Waals surface area contributed by atoms with Gasteiger partial charge in [0.25, 0.3) is 0 Å². The molecule has 0 spiro atoms. The minimum atomic E-state index is -0.692. The van der Waals surface area contributed by atoms with Gasteiger partial charge in [-0.25, -0.2) is 0 Å². The van der Waals surface area contributed by atoms with E-state index < -0.39 is 5.41 Å². The SMILES string of the molecule is CC(C)(C(=O)Nc1ccc(Br)cc1)c1ccc2c(c1)OCCO2. The summed E-state index contributed by atoms with van der Waals surface area (Å²) < 4.78 is 12.1. The van der Waals surface area contributed by atoms with E-state index in [-0.39, 0.29) is 5.91 Å². The normalized spacial score (nSPS) is 13.5. The van der Waals surface area contributed by atoms with Crippen molar-refractivity contribution in [1.82, 2.24) is 0 Å². The van der Waals surface area contributed by atoms with Crippen LogP contribution in [0.15, 0.2) is 46.9 Å². The fourth-order valence-corrected chi connectivity index (χ4v) is 2.65. The quantitative estimate of drug-likeness (QED) is 0.876. The summed E-state index contributed by atoms with van der Waals surface area (Å²) in [5.74, 6) is 1.35. The summed E-state index contributed by atoms with van der Waals surface area (Å²) in [7, 11) is 0. The smallest absolute Gasteiger partial charge is 0.234 e. The molecule has 1 aliphatic rings. The van der Waals surface area contributed by atoms with E-state index in [1.807, 2.05) is 56.3 Å². The molecule has 5 heteroatoms. The molecule has 0 aromatic heterocycles. The molecule has 0 radical (unpaired) electrons. The van der Waals surface area contributed by atoms with Crippen LogP contribution in [0.25, 0.3) is 0 Å². The molecule has 0 fully saturated rings. The number of benzene rings is 2. The van der Waals surface area contributed by atoms with Crippen molar-refractivity contribution in [3.63, 3.8) is 0 Å². The van der Waals surface area contributed by atoms with Crippen molar-refractivity contribution in [1.29, 1.82) is 0 Å². The molecule has 4 nitrogen and oxygen atoms in total. The van der Waals surface area contributed by atoms with Gasteiger partial charge >= 0.3 is 0 Å². The number of fused-ring (bicyclic) bond motifs is 1. The summed E-state index contributed by atoms with van der Waals surface area (Å²) in [5, 5.41) is 2.96. The van der Waals surface area contributed by atoms with Gasteiger partial charge in [0.2, 0.25) is 5.91 Å². The van der Waals surface area contributed by atoms with Crippen LogP contribution < -0.4 is 14.8 Å². The number of hydrogen-bond acceptors (Lipinski definition) is 3. The zero-order chi connectivity index (χ0) is 16.4. The zero-order valence-corrected chi connectivity index (χ0v) is 14.6. The highest BCUT2D eigenvalue weighted by Crippen LogP contribution is 2.35. The predicted molar refractivity (Wildman–Crippen MR) is 93.2 cm³/mol. The third kappa shape index (κ3) is 3.34. The first-order valence-electron chi connectivity index (χ1n) is 7.44. The molecule has 120 valence electrons. The van der Waals surface area contributed by atoms with Crippen LogP contribution in [0.1, 0.15) is 19.4 Å². The van der Waals surface area contributed by atoms with E-state index in [9.17, 15) is 4.79 Å². The van der Waals surface area contributed by atoms with Gasteiger partial charge in [-0.2, -0.15) is 0 Å². The van der Waals surface area contributed by atoms with Crippen molar-refractivity contribution in [3.8, 4) is 11.5 Å². The minimum Gasteiger partial charge on any atom is -0.486 e. The number of carbonyl (C=O) groups excluding carboxylic acids is 1. The molecule has 1 amide bonds. The number of anilines is 1. The van der Waals surface area contributed by atoms with Gasteiger partial charge in [-0.1, -0.05) is 22.0 Å². The third-order valence-electron chi connectivity index (χ3n) is 3.93. The maximum atomic E-state index is 12.7. The summed E-state index contributed by atoms with van der Waals surface area (Å²) in [5.41, 5.74) is 0.961. The molecular formula is C18H18BrNO3. The Hall–Kier alpha value is -2.01. The first-order chi connectivity index (χ1) is 11.0. The average molecular weight is 376 g/mol. The number of amides is 1. The van der Waals surface area contributed by atoms with Gasteiger partial charge in [0.15, 0.2) is 11.5 Å². The van der Waals surface area contributed by atoms with Crippen LogP contribution in [0.4, 0.5) is 5.69 Å². The lowest BCUT2D eigenvalue weighted by molar-refractivity contribution is -0.120. The molecule has 0 saturated carbocycles. The molecule has 2 aromatic carbocycles. The number of ether oxygens (including phenoxy) is 2. The summed E-state index contributed by atoms with van der Waals surface area (Å²) >= 11 is 3.38. The standard InChI is InChI=1S/C18H18BrNO3/c1-18(2,17(21)20-14-6-4-13(19)5-7-14)12-3-8-15-16(11-12)23-10-9-22-15/h3-8,11H,9-10H2,1-2H3,(H,20,21). The lowest BCUT2D eigenvalue weighted by Gasteiger charge is -2.26. The maximum absolute atomic E-state index is 12.7. The largest absolute Gasteiger partial charge is 0.486 e. The van der Waals surface area contributed by atoms with Crippen LogP contribution in [0.3, 0.4) is 0 Å². The zero-order valence-electron chi connectivity index (χ0n) is 13.1. The lowest BCUT2D eigenvalue weighted by atomic mass is 9.83. The fourth-order valence-electron chi connectivity index (χ4n) is 2.38. The number of nitrogens with one attached hydrogen (secondary N) is 1. The number of carbonyl (C=O) groups is 1. The second-order valence-corrected chi connectivity index (χ2v) is 6.86. The molecule has 23 heavy (non-hydrogen) atoms. The van der Waals surface area contributed by atoms with Gasteiger partial charge in [0.1, 0.15) is 13.2 Å². The highest BCUT2D eigenvalue weighted by molar-refractivity contribution is 9.10. The van der Waals surface area contributed by atoms with Crippen molar-refractivity contribution in [2.24, 2.45) is 0 Å². The van der Waals surface area contributed by atoms with Crippen molar-refractivity contribution < 1.29 is 14.3 Å². The number of halogens is 1. The van der Waals surface area contributed by atoms with Crippen LogP contribution >= 0.6 is 15.9 Å². The topological polar surface area (TPSA) is 47.6 Å². The monoisotopic (exact) mass is 375 g/mol. The Balaban J connectivity index is 1.82. The Labute approximate surface area is 143 Å². The van der Waals surface area contributed by atoms with Crippen LogP contribution in [-0.4, -0.2) is 19.1 Å². The molecule has 0 saturated heterocycles. The Morgan fingerprint density at radius 1 is 1.04 bits per heavy atom. The minimum absolute atomic E-state index is 0.0727. The van der Waals surface area contributed by atoms with Crippen LogP contribution in [-0.2, 0) is 10.2 Å². The highest BCUT2D eigenvalue weighted by Gasteiger charge is 2.31. The number of rotatable bonds is 3. The molecule has 0 bridgehead atoms. The van der Waals surface area contributed by atoms with E-state index in [0.29, 0.717) is 19.0 Å². The Morgan fingerprint density at radius 2 is 1.70 bits per heavy atom. The second-order valence-electron chi connectivity index (χ2n) is 5.94. The molecular weight excluding hydrogens is 358 g/mol. The summed E-state index contributed by atoms with van der Waals surface area (Å²) in [6, 6.07) is 13.2. The van der Waals surface area contributed by atoms with E-state index in [2.05, 4.69) is 21.2 Å². The van der Waals surface area contributed by atoms with Crippen molar-refractivity contribution in [2.45, 2.75) is 19.3 Å². The van der Waals surface area contributed by atoms with E-state index in [4.69, 9.17) is 9.47 Å². The molecule has 0 atom stereocenters. The van der Waals surface area contributed by atoms with Gasteiger partial charge in [-0.05, 0) is 55.8 Å². The first-order valence-corrected chi connectivity index (χ1v) is 8.23. The predicted octanol–water partition coefficient (Wildman–Crippen LogP) is 4.14. The fraction of sp³-hybridized carbons (Fsp3) is 0.278. The van der Waals surface area contributed by atoms with Gasteiger partial charge in [-0.15, -0.1) is 0 Å². The van der Waals surface area contributed by atoms with Crippen molar-refractivity contribution in [3.05, 3.63) is 52.5 Å². The molecule has 1 N–H and O–H groups in total. The molecule has 2 aromatic rings. The first kappa shape index (κ1) is 15.9. The summed E-state index contributed by atoms with van der Waals surface area (Å²) in [6.45, 7) is 4.88. The second kappa shape index (κ2) is 6.24. The Bertz CT molecular complexity index is 726. The van der Waals surface area contributed by atoms with Gasteiger partial charge < -0.3 is 14.8 Å². The van der Waals surface area contributed by atoms with E-state index in [1.54, 1.807) is 0 Å². The number of hydrogen-bond donors (Lipinski definition) is 1. The van der Waals surface area contributed by atoms with Crippen molar-refractivity contribution in [2.75, 3.05) is 18.5 Å². The maximum Gasteiger partial charge on any atom is 0.234 e. The van der Waals surface area contributed by atoms with Gasteiger partial charge in [0.05, 0.1) is 5.41 Å².